The molecule has 0 aliphatic heterocycles. The lowest BCUT2D eigenvalue weighted by Crippen LogP contribution is -2.29. The maximum atomic E-state index is 5.81. The van der Waals surface area contributed by atoms with Gasteiger partial charge in [-0.25, -0.2) is 0 Å². The number of hydrogen-bond acceptors (Lipinski definition) is 1. The predicted octanol–water partition coefficient (Wildman–Crippen LogP) is 3.70. The first-order valence-electron chi connectivity index (χ1n) is 5.13. The van der Waals surface area contributed by atoms with Gasteiger partial charge in [0.05, 0.1) is 5.60 Å². The van der Waals surface area contributed by atoms with E-state index in [1.807, 2.05) is 6.92 Å². The summed E-state index contributed by atoms with van der Waals surface area (Å²) in [6.45, 7) is 11.6. The van der Waals surface area contributed by atoms with Gasteiger partial charge in [0.2, 0.25) is 0 Å². The number of ether oxygens (including phenoxy) is 1. The van der Waals surface area contributed by atoms with Crippen molar-refractivity contribution >= 4 is 11.6 Å². The molecule has 0 amide bonds. The van der Waals surface area contributed by atoms with Crippen LogP contribution in [-0.4, -0.2) is 18.1 Å². The van der Waals surface area contributed by atoms with Gasteiger partial charge in [-0.15, -0.1) is 11.6 Å². The van der Waals surface area contributed by atoms with Crippen LogP contribution in [0.25, 0.3) is 0 Å². The maximum absolute atomic E-state index is 5.81. The molecule has 0 aliphatic carbocycles. The fourth-order valence-corrected chi connectivity index (χ4v) is 1.88. The monoisotopic (exact) mass is 206 g/mol. The molecule has 0 aromatic carbocycles. The van der Waals surface area contributed by atoms with Crippen molar-refractivity contribution < 1.29 is 4.74 Å². The molecule has 0 bridgehead atoms. The molecule has 1 nitrogen and oxygen atoms in total. The van der Waals surface area contributed by atoms with Crippen LogP contribution >= 0.6 is 11.6 Å². The highest BCUT2D eigenvalue weighted by molar-refractivity contribution is 6.18. The van der Waals surface area contributed by atoms with E-state index in [9.17, 15) is 0 Å². The first-order valence-corrected chi connectivity index (χ1v) is 5.66. The van der Waals surface area contributed by atoms with E-state index in [-0.39, 0.29) is 5.60 Å². The minimum Gasteiger partial charge on any atom is -0.376 e. The zero-order valence-electron chi connectivity index (χ0n) is 9.56. The van der Waals surface area contributed by atoms with Gasteiger partial charge in [0.1, 0.15) is 0 Å². The molecule has 0 spiro atoms. The first-order chi connectivity index (χ1) is 5.93. The van der Waals surface area contributed by atoms with Gasteiger partial charge in [0, 0.05) is 12.5 Å². The van der Waals surface area contributed by atoms with Crippen molar-refractivity contribution in [3.8, 4) is 0 Å². The van der Waals surface area contributed by atoms with Crippen LogP contribution in [0.4, 0.5) is 0 Å². The number of halogens is 1. The molecule has 0 aromatic heterocycles. The molecular formula is C11H23ClO. The lowest BCUT2D eigenvalue weighted by atomic mass is 9.87. The predicted molar refractivity (Wildman–Crippen MR) is 59.4 cm³/mol. The molecule has 2 heteroatoms. The molecule has 0 aliphatic rings. The van der Waals surface area contributed by atoms with Gasteiger partial charge in [0.15, 0.2) is 0 Å². The van der Waals surface area contributed by atoms with E-state index in [4.69, 9.17) is 16.3 Å². The summed E-state index contributed by atoms with van der Waals surface area (Å²) in [6, 6.07) is 0. The molecule has 2 unspecified atom stereocenters. The molecule has 13 heavy (non-hydrogen) atoms. The second-order valence-corrected chi connectivity index (χ2v) is 4.81. The Balaban J connectivity index is 3.94. The molecule has 0 saturated carbocycles. The summed E-state index contributed by atoms with van der Waals surface area (Å²) in [5.41, 5.74) is -0.00547. The molecule has 0 heterocycles. The van der Waals surface area contributed by atoms with Gasteiger partial charge in [-0.05, 0) is 39.0 Å². The van der Waals surface area contributed by atoms with Crippen LogP contribution in [0.2, 0.25) is 0 Å². The van der Waals surface area contributed by atoms with Crippen molar-refractivity contribution in [2.45, 2.75) is 46.6 Å². The highest BCUT2D eigenvalue weighted by Gasteiger charge is 2.23. The molecule has 0 aromatic rings. The van der Waals surface area contributed by atoms with Crippen molar-refractivity contribution in [2.75, 3.05) is 12.5 Å². The molecule has 0 saturated heterocycles. The Morgan fingerprint density at radius 2 is 1.77 bits per heavy atom. The van der Waals surface area contributed by atoms with Gasteiger partial charge >= 0.3 is 0 Å². The average Bonchev–Trinajstić information content (AvgIpc) is 2.01. The molecule has 0 rings (SSSR count). The number of hydrogen-bond donors (Lipinski definition) is 0. The molecule has 0 radical (unpaired) electrons. The molecule has 0 fully saturated rings. The summed E-state index contributed by atoms with van der Waals surface area (Å²) in [5.74, 6) is 1.93. The summed E-state index contributed by atoms with van der Waals surface area (Å²) in [7, 11) is 0. The number of rotatable bonds is 6. The lowest BCUT2D eigenvalue weighted by Gasteiger charge is -2.30. The third kappa shape index (κ3) is 5.53. The van der Waals surface area contributed by atoms with Crippen LogP contribution in [0, 0.1) is 11.8 Å². The van der Waals surface area contributed by atoms with E-state index in [1.54, 1.807) is 0 Å². The minimum absolute atomic E-state index is 0.00547. The van der Waals surface area contributed by atoms with Gasteiger partial charge in [-0.3, -0.25) is 0 Å². The molecular weight excluding hydrogens is 184 g/mol. The van der Waals surface area contributed by atoms with Crippen molar-refractivity contribution in [3.63, 3.8) is 0 Å². The lowest BCUT2D eigenvalue weighted by molar-refractivity contribution is -0.0296. The SMILES string of the molecule is CCOC(C)(C)CC(C)C(C)CCl. The topological polar surface area (TPSA) is 9.23 Å². The Morgan fingerprint density at radius 3 is 2.15 bits per heavy atom. The highest BCUT2D eigenvalue weighted by Crippen LogP contribution is 2.25. The highest BCUT2D eigenvalue weighted by atomic mass is 35.5. The maximum Gasteiger partial charge on any atom is 0.0629 e. The fourth-order valence-electron chi connectivity index (χ4n) is 1.58. The van der Waals surface area contributed by atoms with Gasteiger partial charge in [0.25, 0.3) is 0 Å². The van der Waals surface area contributed by atoms with Crippen LogP contribution in [0.15, 0.2) is 0 Å². The summed E-state index contributed by atoms with van der Waals surface area (Å²) in [6.07, 6.45) is 1.08. The van der Waals surface area contributed by atoms with Crippen molar-refractivity contribution in [3.05, 3.63) is 0 Å². The second-order valence-electron chi connectivity index (χ2n) is 4.51. The third-order valence-electron chi connectivity index (χ3n) is 2.56. The van der Waals surface area contributed by atoms with Crippen LogP contribution < -0.4 is 0 Å². The van der Waals surface area contributed by atoms with E-state index >= 15 is 0 Å². The van der Waals surface area contributed by atoms with Gasteiger partial charge in [-0.2, -0.15) is 0 Å². The number of alkyl halides is 1. The van der Waals surface area contributed by atoms with E-state index in [0.717, 1.165) is 18.9 Å². The average molecular weight is 207 g/mol. The normalized spacial score (nSPS) is 17.1. The zero-order valence-corrected chi connectivity index (χ0v) is 10.3. The summed E-state index contributed by atoms with van der Waals surface area (Å²) < 4.78 is 5.65. The second kappa shape index (κ2) is 5.87. The third-order valence-corrected chi connectivity index (χ3v) is 3.05. The Kier molecular flexibility index (Phi) is 5.98. The van der Waals surface area contributed by atoms with E-state index in [0.29, 0.717) is 11.8 Å². The first kappa shape index (κ1) is 13.2. The molecule has 0 N–H and O–H groups in total. The Labute approximate surface area is 87.8 Å². The van der Waals surface area contributed by atoms with E-state index < -0.39 is 0 Å². The largest absolute Gasteiger partial charge is 0.376 e. The molecule has 2 atom stereocenters. The van der Waals surface area contributed by atoms with Gasteiger partial charge < -0.3 is 4.74 Å². The van der Waals surface area contributed by atoms with Crippen molar-refractivity contribution in [2.24, 2.45) is 11.8 Å². The van der Waals surface area contributed by atoms with E-state index in [2.05, 4.69) is 27.7 Å². The summed E-state index contributed by atoms with van der Waals surface area (Å²) in [4.78, 5) is 0. The fraction of sp³-hybridized carbons (Fsp3) is 1.00. The Bertz CT molecular complexity index is 134. The van der Waals surface area contributed by atoms with Crippen LogP contribution in [-0.2, 0) is 4.74 Å². The summed E-state index contributed by atoms with van der Waals surface area (Å²) >= 11 is 5.81. The summed E-state index contributed by atoms with van der Waals surface area (Å²) in [5, 5.41) is 0. The van der Waals surface area contributed by atoms with Crippen LogP contribution in [0.1, 0.15) is 41.0 Å². The Hall–Kier alpha value is 0.250. The van der Waals surface area contributed by atoms with E-state index in [1.165, 1.54) is 0 Å². The Morgan fingerprint density at radius 1 is 1.23 bits per heavy atom. The quantitative estimate of drug-likeness (QED) is 0.603. The van der Waals surface area contributed by atoms with Gasteiger partial charge in [-0.1, -0.05) is 13.8 Å². The molecule has 80 valence electrons. The smallest absolute Gasteiger partial charge is 0.0629 e. The van der Waals surface area contributed by atoms with Crippen LogP contribution in [0.3, 0.4) is 0 Å². The van der Waals surface area contributed by atoms with Crippen molar-refractivity contribution in [1.29, 1.82) is 0 Å². The van der Waals surface area contributed by atoms with Crippen LogP contribution in [0.5, 0.6) is 0 Å². The minimum atomic E-state index is -0.00547. The zero-order chi connectivity index (χ0) is 10.5. The standard InChI is InChI=1S/C11H23ClO/c1-6-13-11(4,5)7-9(2)10(3)8-12/h9-10H,6-8H2,1-5H3. The van der Waals surface area contributed by atoms with Crippen molar-refractivity contribution in [1.82, 2.24) is 0 Å².